The average molecular weight is 297 g/mol. The number of hydrogen-bond acceptors (Lipinski definition) is 2. The summed E-state index contributed by atoms with van der Waals surface area (Å²) in [5.74, 6) is 0. The van der Waals surface area contributed by atoms with Gasteiger partial charge in [-0.05, 0) is 43.6 Å². The molecule has 1 aromatic rings. The fourth-order valence-electron chi connectivity index (χ4n) is 2.47. The Morgan fingerprint density at radius 2 is 2.12 bits per heavy atom. The molecule has 94 valence electrons. The summed E-state index contributed by atoms with van der Waals surface area (Å²) in [7, 11) is 0. The summed E-state index contributed by atoms with van der Waals surface area (Å²) in [6.07, 6.45) is 2.64. The molecule has 0 aliphatic carbocycles. The molecule has 2 nitrogen and oxygen atoms in total. The third-order valence-corrected chi connectivity index (χ3v) is 4.02. The molecule has 1 heterocycles. The van der Waals surface area contributed by atoms with Crippen LogP contribution in [0.1, 0.15) is 25.3 Å². The molecule has 1 fully saturated rings. The molecule has 17 heavy (non-hydrogen) atoms. The van der Waals surface area contributed by atoms with E-state index in [4.69, 9.17) is 0 Å². The minimum Gasteiger partial charge on any atom is -0.315 e. The first kappa shape index (κ1) is 13.1. The minimum absolute atomic E-state index is 0.706. The lowest BCUT2D eigenvalue weighted by atomic mass is 10.0. The third kappa shape index (κ3) is 3.80. The van der Waals surface area contributed by atoms with Crippen LogP contribution in [0.5, 0.6) is 0 Å². The zero-order valence-electron chi connectivity index (χ0n) is 10.5. The molecule has 1 atom stereocenters. The third-order valence-electron chi connectivity index (χ3n) is 3.49. The van der Waals surface area contributed by atoms with Crippen LogP contribution in [0.15, 0.2) is 28.7 Å². The van der Waals surface area contributed by atoms with Gasteiger partial charge in [0, 0.05) is 23.6 Å². The lowest BCUT2D eigenvalue weighted by Crippen LogP contribution is -2.45. The highest BCUT2D eigenvalue weighted by Crippen LogP contribution is 2.16. The predicted molar refractivity (Wildman–Crippen MR) is 76.1 cm³/mol. The molecule has 1 N–H and O–H groups in total. The Kier molecular flexibility index (Phi) is 5.01. The fraction of sp³-hybridized carbons (Fsp3) is 0.571. The van der Waals surface area contributed by atoms with Gasteiger partial charge in [-0.3, -0.25) is 4.90 Å². The van der Waals surface area contributed by atoms with Crippen LogP contribution in [0.4, 0.5) is 0 Å². The van der Waals surface area contributed by atoms with E-state index in [0.717, 1.165) is 24.1 Å². The minimum atomic E-state index is 0.706. The van der Waals surface area contributed by atoms with Gasteiger partial charge < -0.3 is 5.32 Å². The molecule has 1 aliphatic heterocycles. The van der Waals surface area contributed by atoms with E-state index in [0.29, 0.717) is 6.04 Å². The largest absolute Gasteiger partial charge is 0.315 e. The highest BCUT2D eigenvalue weighted by molar-refractivity contribution is 9.10. The van der Waals surface area contributed by atoms with Gasteiger partial charge in [-0.2, -0.15) is 0 Å². The summed E-state index contributed by atoms with van der Waals surface area (Å²) in [5, 5.41) is 3.50. The molecule has 0 spiro atoms. The van der Waals surface area contributed by atoms with Gasteiger partial charge in [-0.1, -0.05) is 35.0 Å². The van der Waals surface area contributed by atoms with Gasteiger partial charge in [0.25, 0.3) is 0 Å². The quantitative estimate of drug-likeness (QED) is 0.919. The zero-order valence-corrected chi connectivity index (χ0v) is 12.0. The van der Waals surface area contributed by atoms with E-state index in [1.165, 1.54) is 24.9 Å². The lowest BCUT2D eigenvalue weighted by Gasteiger charge is -2.34. The molecule has 0 amide bonds. The molecule has 1 aliphatic rings. The van der Waals surface area contributed by atoms with Crippen molar-refractivity contribution >= 4 is 15.9 Å². The van der Waals surface area contributed by atoms with E-state index in [2.05, 4.69) is 57.3 Å². The fourth-order valence-corrected chi connectivity index (χ4v) is 2.73. The first-order valence-electron chi connectivity index (χ1n) is 6.49. The Bertz CT molecular complexity index is 331. The lowest BCUT2D eigenvalue weighted by molar-refractivity contribution is 0.166. The maximum absolute atomic E-state index is 3.50. The zero-order chi connectivity index (χ0) is 12.1. The van der Waals surface area contributed by atoms with Crippen molar-refractivity contribution in [1.29, 1.82) is 0 Å². The van der Waals surface area contributed by atoms with Gasteiger partial charge >= 0.3 is 0 Å². The van der Waals surface area contributed by atoms with E-state index < -0.39 is 0 Å². The van der Waals surface area contributed by atoms with Crippen molar-refractivity contribution < 1.29 is 0 Å². The highest BCUT2D eigenvalue weighted by Gasteiger charge is 2.19. The summed E-state index contributed by atoms with van der Waals surface area (Å²) < 4.78 is 1.16. The number of benzene rings is 1. The van der Waals surface area contributed by atoms with E-state index in [-0.39, 0.29) is 0 Å². The van der Waals surface area contributed by atoms with Crippen LogP contribution in [0.25, 0.3) is 0 Å². The standard InChI is InChI=1S/C14H21BrN2/c1-2-17(14-4-3-9-16-10-14)11-12-5-7-13(15)8-6-12/h5-8,14,16H,2-4,9-11H2,1H3. The van der Waals surface area contributed by atoms with Crippen LogP contribution in [-0.4, -0.2) is 30.6 Å². The van der Waals surface area contributed by atoms with Crippen molar-refractivity contribution in [3.05, 3.63) is 34.3 Å². The van der Waals surface area contributed by atoms with Crippen LogP contribution < -0.4 is 5.32 Å². The number of halogens is 1. The maximum atomic E-state index is 3.50. The molecule has 0 aromatic heterocycles. The van der Waals surface area contributed by atoms with Crippen LogP contribution in [-0.2, 0) is 6.54 Å². The molecule has 1 aromatic carbocycles. The number of nitrogens with one attached hydrogen (secondary N) is 1. The van der Waals surface area contributed by atoms with Crippen molar-refractivity contribution in [2.75, 3.05) is 19.6 Å². The monoisotopic (exact) mass is 296 g/mol. The predicted octanol–water partition coefficient (Wildman–Crippen LogP) is 3.02. The Balaban J connectivity index is 1.96. The van der Waals surface area contributed by atoms with Gasteiger partial charge in [0.15, 0.2) is 0 Å². The van der Waals surface area contributed by atoms with Crippen molar-refractivity contribution in [2.45, 2.75) is 32.4 Å². The molecule has 1 unspecified atom stereocenters. The van der Waals surface area contributed by atoms with Crippen LogP contribution in [0, 0.1) is 0 Å². The summed E-state index contributed by atoms with van der Waals surface area (Å²) in [5.41, 5.74) is 1.40. The Hall–Kier alpha value is -0.380. The van der Waals surface area contributed by atoms with E-state index in [1.54, 1.807) is 0 Å². The average Bonchev–Trinajstić information content (AvgIpc) is 2.39. The Labute approximate surface area is 113 Å². The van der Waals surface area contributed by atoms with Gasteiger partial charge in [0.1, 0.15) is 0 Å². The summed E-state index contributed by atoms with van der Waals surface area (Å²) in [6.45, 7) is 6.78. The van der Waals surface area contributed by atoms with Crippen LogP contribution in [0.3, 0.4) is 0 Å². The maximum Gasteiger partial charge on any atom is 0.0237 e. The normalized spacial score (nSPS) is 20.8. The van der Waals surface area contributed by atoms with Gasteiger partial charge in [-0.25, -0.2) is 0 Å². The van der Waals surface area contributed by atoms with Crippen molar-refractivity contribution in [3.63, 3.8) is 0 Å². The molecular formula is C14H21BrN2. The summed E-state index contributed by atoms with van der Waals surface area (Å²) >= 11 is 3.48. The Morgan fingerprint density at radius 3 is 2.71 bits per heavy atom. The van der Waals surface area contributed by atoms with E-state index in [9.17, 15) is 0 Å². The molecule has 0 bridgehead atoms. The van der Waals surface area contributed by atoms with Gasteiger partial charge in [-0.15, -0.1) is 0 Å². The second-order valence-corrected chi connectivity index (χ2v) is 5.61. The summed E-state index contributed by atoms with van der Waals surface area (Å²) in [4.78, 5) is 2.58. The number of nitrogens with zero attached hydrogens (tertiary/aromatic N) is 1. The topological polar surface area (TPSA) is 15.3 Å². The van der Waals surface area contributed by atoms with Crippen molar-refractivity contribution in [1.82, 2.24) is 10.2 Å². The van der Waals surface area contributed by atoms with E-state index in [1.807, 2.05) is 0 Å². The van der Waals surface area contributed by atoms with Crippen LogP contribution >= 0.6 is 15.9 Å². The molecule has 3 heteroatoms. The van der Waals surface area contributed by atoms with Crippen LogP contribution in [0.2, 0.25) is 0 Å². The number of likely N-dealkylation sites (N-methyl/N-ethyl adjacent to an activating group) is 1. The second-order valence-electron chi connectivity index (χ2n) is 4.69. The molecule has 0 radical (unpaired) electrons. The SMILES string of the molecule is CCN(Cc1ccc(Br)cc1)C1CCCNC1. The molecule has 1 saturated heterocycles. The van der Waals surface area contributed by atoms with Crippen molar-refractivity contribution in [3.8, 4) is 0 Å². The second kappa shape index (κ2) is 6.53. The number of piperidine rings is 1. The smallest absolute Gasteiger partial charge is 0.0237 e. The Morgan fingerprint density at radius 1 is 1.35 bits per heavy atom. The number of hydrogen-bond donors (Lipinski definition) is 1. The van der Waals surface area contributed by atoms with E-state index >= 15 is 0 Å². The molecule has 2 rings (SSSR count). The van der Waals surface area contributed by atoms with Crippen molar-refractivity contribution in [2.24, 2.45) is 0 Å². The first-order valence-corrected chi connectivity index (χ1v) is 7.28. The number of rotatable bonds is 4. The van der Waals surface area contributed by atoms with Gasteiger partial charge in [0.2, 0.25) is 0 Å². The highest BCUT2D eigenvalue weighted by atomic mass is 79.9. The first-order chi connectivity index (χ1) is 8.29. The molecule has 0 saturated carbocycles. The van der Waals surface area contributed by atoms with Gasteiger partial charge in [0.05, 0.1) is 0 Å². The molecular weight excluding hydrogens is 276 g/mol. The summed E-state index contributed by atoms with van der Waals surface area (Å²) in [6, 6.07) is 9.38.